The summed E-state index contributed by atoms with van der Waals surface area (Å²) in [6, 6.07) is 35.4. The summed E-state index contributed by atoms with van der Waals surface area (Å²) in [7, 11) is 0. The van der Waals surface area contributed by atoms with Gasteiger partial charge in [0.2, 0.25) is 0 Å². The van der Waals surface area contributed by atoms with Crippen molar-refractivity contribution in [2.75, 3.05) is 0 Å². The van der Waals surface area contributed by atoms with Crippen LogP contribution in [0.2, 0.25) is 0 Å². The van der Waals surface area contributed by atoms with E-state index >= 15 is 0 Å². The van der Waals surface area contributed by atoms with E-state index in [2.05, 4.69) is 111 Å². The molecule has 1 aliphatic carbocycles. The number of fused-ring (bicyclic) bond motifs is 3. The van der Waals surface area contributed by atoms with Gasteiger partial charge in [-0.05, 0) is 52.8 Å². The van der Waals surface area contributed by atoms with Gasteiger partial charge in [-0.2, -0.15) is 0 Å². The third kappa shape index (κ3) is 2.30. The first-order chi connectivity index (χ1) is 13.2. The molecule has 4 aromatic rings. The zero-order valence-corrected chi connectivity index (χ0v) is 15.7. The smallest absolute Gasteiger partial charge is 0.0435 e. The van der Waals surface area contributed by atoms with Crippen molar-refractivity contribution in [2.24, 2.45) is 0 Å². The lowest BCUT2D eigenvalue weighted by molar-refractivity contribution is 0.714. The Kier molecular flexibility index (Phi) is 3.55. The summed E-state index contributed by atoms with van der Waals surface area (Å²) in [5.74, 6) is 0. The third-order valence-corrected chi connectivity index (χ3v) is 6.05. The third-order valence-electron chi connectivity index (χ3n) is 6.05. The second-order valence-corrected chi connectivity index (χ2v) is 7.63. The normalized spacial score (nSPS) is 17.4. The minimum absolute atomic E-state index is 0.131. The first-order valence-electron chi connectivity index (χ1n) is 9.55. The molecule has 0 spiro atoms. The number of rotatable bonds is 2. The van der Waals surface area contributed by atoms with Gasteiger partial charge in [0, 0.05) is 5.41 Å². The van der Waals surface area contributed by atoms with E-state index < -0.39 is 0 Å². The molecule has 1 unspecified atom stereocenters. The Morgan fingerprint density at radius 2 is 1.19 bits per heavy atom. The molecule has 4 aromatic carbocycles. The fraction of sp³-hybridized carbons (Fsp3) is 0.111. The van der Waals surface area contributed by atoms with Gasteiger partial charge in [-0.3, -0.25) is 0 Å². The van der Waals surface area contributed by atoms with Crippen LogP contribution in [0.25, 0.3) is 22.3 Å². The molecule has 0 radical (unpaired) electrons. The van der Waals surface area contributed by atoms with E-state index in [0.717, 1.165) is 0 Å². The molecule has 0 N–H and O–H groups in total. The fourth-order valence-corrected chi connectivity index (χ4v) is 4.60. The number of aryl methyl sites for hydroxylation is 1. The lowest BCUT2D eigenvalue weighted by atomic mass is 9.74. The van der Waals surface area contributed by atoms with E-state index in [0.29, 0.717) is 0 Å². The molecule has 130 valence electrons. The molecule has 0 nitrogen and oxygen atoms in total. The Morgan fingerprint density at radius 1 is 0.556 bits per heavy atom. The van der Waals surface area contributed by atoms with Gasteiger partial charge in [-0.25, -0.2) is 0 Å². The van der Waals surface area contributed by atoms with Gasteiger partial charge in [-0.1, -0.05) is 103 Å². The predicted octanol–water partition coefficient (Wildman–Crippen LogP) is 7.00. The highest BCUT2D eigenvalue weighted by Gasteiger charge is 2.41. The fourth-order valence-electron chi connectivity index (χ4n) is 4.60. The van der Waals surface area contributed by atoms with Crippen molar-refractivity contribution in [3.8, 4) is 22.3 Å². The summed E-state index contributed by atoms with van der Waals surface area (Å²) in [5.41, 5.74) is 10.6. The maximum absolute atomic E-state index is 2.37. The average Bonchev–Trinajstić information content (AvgIpc) is 3.00. The SMILES string of the molecule is Cc1ccc(-c2cccc3c2-c2ccccc2C3(C)c2ccccc2)cc1. The van der Waals surface area contributed by atoms with Crippen LogP contribution in [0.4, 0.5) is 0 Å². The van der Waals surface area contributed by atoms with Gasteiger partial charge in [0.15, 0.2) is 0 Å². The summed E-state index contributed by atoms with van der Waals surface area (Å²) in [6.45, 7) is 4.51. The van der Waals surface area contributed by atoms with Crippen LogP contribution < -0.4 is 0 Å². The molecule has 0 bridgehead atoms. The number of benzene rings is 4. The van der Waals surface area contributed by atoms with E-state index in [1.165, 1.54) is 44.5 Å². The monoisotopic (exact) mass is 346 g/mol. The lowest BCUT2D eigenvalue weighted by Gasteiger charge is -2.28. The van der Waals surface area contributed by atoms with Crippen LogP contribution in [-0.2, 0) is 5.41 Å². The van der Waals surface area contributed by atoms with Crippen LogP contribution in [0.1, 0.15) is 29.2 Å². The average molecular weight is 346 g/mol. The number of hydrogen-bond acceptors (Lipinski definition) is 0. The molecule has 5 rings (SSSR count). The van der Waals surface area contributed by atoms with Crippen LogP contribution in [-0.4, -0.2) is 0 Å². The molecule has 0 amide bonds. The van der Waals surface area contributed by atoms with Gasteiger partial charge >= 0.3 is 0 Å². The summed E-state index contributed by atoms with van der Waals surface area (Å²) in [5, 5.41) is 0. The van der Waals surface area contributed by atoms with Crippen molar-refractivity contribution in [1.29, 1.82) is 0 Å². The van der Waals surface area contributed by atoms with Crippen LogP contribution in [0, 0.1) is 6.92 Å². The molecular weight excluding hydrogens is 324 g/mol. The van der Waals surface area contributed by atoms with Crippen molar-refractivity contribution in [3.63, 3.8) is 0 Å². The molecule has 0 saturated heterocycles. The molecule has 0 heterocycles. The Hall–Kier alpha value is -3.12. The molecule has 0 fully saturated rings. The highest BCUT2D eigenvalue weighted by Crippen LogP contribution is 2.54. The van der Waals surface area contributed by atoms with Gasteiger partial charge in [0.25, 0.3) is 0 Å². The van der Waals surface area contributed by atoms with Gasteiger partial charge < -0.3 is 0 Å². The molecule has 0 aromatic heterocycles. The largest absolute Gasteiger partial charge is 0.0622 e. The van der Waals surface area contributed by atoms with E-state index in [1.54, 1.807) is 0 Å². The zero-order valence-electron chi connectivity index (χ0n) is 15.7. The molecule has 0 saturated carbocycles. The second kappa shape index (κ2) is 5.96. The Bertz CT molecular complexity index is 1120. The first kappa shape index (κ1) is 16.1. The summed E-state index contributed by atoms with van der Waals surface area (Å²) < 4.78 is 0. The van der Waals surface area contributed by atoms with E-state index in [1.807, 2.05) is 0 Å². The summed E-state index contributed by atoms with van der Waals surface area (Å²) >= 11 is 0. The number of hydrogen-bond donors (Lipinski definition) is 0. The standard InChI is InChI=1S/C27H22/c1-19-15-17-20(18-16-19)22-12-8-14-25-26(22)23-11-6-7-13-24(23)27(25,2)21-9-4-3-5-10-21/h3-18H,1-2H3. The topological polar surface area (TPSA) is 0 Å². The highest BCUT2D eigenvalue weighted by atomic mass is 14.4. The Labute approximate surface area is 161 Å². The Morgan fingerprint density at radius 3 is 1.96 bits per heavy atom. The maximum Gasteiger partial charge on any atom is 0.0435 e. The minimum atomic E-state index is -0.131. The molecule has 0 aliphatic heterocycles. The van der Waals surface area contributed by atoms with Gasteiger partial charge in [0.05, 0.1) is 0 Å². The second-order valence-electron chi connectivity index (χ2n) is 7.63. The Balaban J connectivity index is 1.85. The molecule has 0 heteroatoms. The minimum Gasteiger partial charge on any atom is -0.0622 e. The maximum atomic E-state index is 2.37. The van der Waals surface area contributed by atoms with Crippen LogP contribution in [0.3, 0.4) is 0 Å². The van der Waals surface area contributed by atoms with Gasteiger partial charge in [-0.15, -0.1) is 0 Å². The van der Waals surface area contributed by atoms with E-state index in [-0.39, 0.29) is 5.41 Å². The van der Waals surface area contributed by atoms with Crippen LogP contribution in [0.5, 0.6) is 0 Å². The van der Waals surface area contributed by atoms with Crippen molar-refractivity contribution >= 4 is 0 Å². The molecule has 1 aliphatic rings. The van der Waals surface area contributed by atoms with Crippen LogP contribution >= 0.6 is 0 Å². The summed E-state index contributed by atoms with van der Waals surface area (Å²) in [6.07, 6.45) is 0. The van der Waals surface area contributed by atoms with Crippen molar-refractivity contribution in [1.82, 2.24) is 0 Å². The lowest BCUT2D eigenvalue weighted by Crippen LogP contribution is -2.22. The first-order valence-corrected chi connectivity index (χ1v) is 9.55. The quantitative estimate of drug-likeness (QED) is 0.367. The predicted molar refractivity (Wildman–Crippen MR) is 114 cm³/mol. The summed E-state index contributed by atoms with van der Waals surface area (Å²) in [4.78, 5) is 0. The van der Waals surface area contributed by atoms with E-state index in [9.17, 15) is 0 Å². The van der Waals surface area contributed by atoms with Gasteiger partial charge in [0.1, 0.15) is 0 Å². The van der Waals surface area contributed by atoms with E-state index in [4.69, 9.17) is 0 Å². The van der Waals surface area contributed by atoms with Crippen molar-refractivity contribution in [2.45, 2.75) is 19.3 Å². The molecule has 27 heavy (non-hydrogen) atoms. The highest BCUT2D eigenvalue weighted by molar-refractivity contribution is 5.93. The van der Waals surface area contributed by atoms with Crippen LogP contribution in [0.15, 0.2) is 97.1 Å². The zero-order chi connectivity index (χ0) is 18.4. The van der Waals surface area contributed by atoms with Crippen molar-refractivity contribution in [3.05, 3.63) is 119 Å². The molecular formula is C27H22. The molecule has 1 atom stereocenters. The van der Waals surface area contributed by atoms with Crippen molar-refractivity contribution < 1.29 is 0 Å².